The zero-order chi connectivity index (χ0) is 26.1. The van der Waals surface area contributed by atoms with Crippen molar-refractivity contribution < 1.29 is 19.1 Å². The molecule has 4 aromatic carbocycles. The van der Waals surface area contributed by atoms with Gasteiger partial charge in [-0.3, -0.25) is 14.9 Å². The van der Waals surface area contributed by atoms with Crippen molar-refractivity contribution in [2.75, 3.05) is 4.90 Å². The van der Waals surface area contributed by atoms with Crippen LogP contribution in [0.3, 0.4) is 0 Å². The number of anilines is 1. The number of urea groups is 1. The number of hydrogen-bond donors (Lipinski definition) is 1. The van der Waals surface area contributed by atoms with Gasteiger partial charge in [-0.1, -0.05) is 64.5 Å². The summed E-state index contributed by atoms with van der Waals surface area (Å²) in [6.45, 7) is 4.15. The molecule has 0 aromatic heterocycles. The number of nitrogens with one attached hydrogen (secondary N) is 1. The van der Waals surface area contributed by atoms with Gasteiger partial charge in [0.15, 0.2) is 0 Å². The fourth-order valence-corrected chi connectivity index (χ4v) is 4.46. The number of carbonyl (C=O) groups is 3. The molecule has 4 amide bonds. The Morgan fingerprint density at radius 2 is 1.65 bits per heavy atom. The second kappa shape index (κ2) is 10.0. The van der Waals surface area contributed by atoms with E-state index in [9.17, 15) is 14.4 Å². The summed E-state index contributed by atoms with van der Waals surface area (Å²) in [5, 5.41) is 4.05. The number of benzene rings is 4. The van der Waals surface area contributed by atoms with Crippen LogP contribution in [-0.4, -0.2) is 17.8 Å². The van der Waals surface area contributed by atoms with Gasteiger partial charge in [0.25, 0.3) is 11.8 Å². The normalized spacial score (nSPS) is 14.8. The first-order valence-corrected chi connectivity index (χ1v) is 12.5. The van der Waals surface area contributed by atoms with Crippen LogP contribution < -0.4 is 15.0 Å². The van der Waals surface area contributed by atoms with Crippen molar-refractivity contribution in [3.63, 3.8) is 0 Å². The number of aryl methyl sites for hydroxylation is 2. The highest BCUT2D eigenvalue weighted by Crippen LogP contribution is 2.32. The van der Waals surface area contributed by atoms with Gasteiger partial charge in [-0.05, 0) is 77.7 Å². The van der Waals surface area contributed by atoms with Gasteiger partial charge in [0.05, 0.1) is 5.69 Å². The number of imide groups is 2. The van der Waals surface area contributed by atoms with E-state index in [0.29, 0.717) is 23.6 Å². The van der Waals surface area contributed by atoms with Gasteiger partial charge in [0.2, 0.25) is 0 Å². The fraction of sp³-hybridized carbons (Fsp3) is 0.100. The topological polar surface area (TPSA) is 75.7 Å². The summed E-state index contributed by atoms with van der Waals surface area (Å²) < 4.78 is 7.13. The molecule has 1 heterocycles. The molecule has 1 fully saturated rings. The highest BCUT2D eigenvalue weighted by atomic mass is 79.9. The summed E-state index contributed by atoms with van der Waals surface area (Å²) in [5.41, 5.74) is 3.76. The molecular weight excluding hydrogens is 532 g/mol. The van der Waals surface area contributed by atoms with Crippen molar-refractivity contribution in [3.05, 3.63) is 111 Å². The van der Waals surface area contributed by atoms with E-state index >= 15 is 0 Å². The van der Waals surface area contributed by atoms with E-state index in [-0.39, 0.29) is 5.57 Å². The number of hydrogen-bond acceptors (Lipinski definition) is 4. The molecule has 0 saturated carbocycles. The molecule has 0 aliphatic carbocycles. The number of nitrogens with zero attached hydrogens (tertiary/aromatic N) is 1. The smallest absolute Gasteiger partial charge is 0.335 e. The maximum absolute atomic E-state index is 13.5. The Morgan fingerprint density at radius 3 is 2.41 bits per heavy atom. The van der Waals surface area contributed by atoms with Crippen molar-refractivity contribution in [2.45, 2.75) is 20.5 Å². The molecule has 4 aromatic rings. The highest BCUT2D eigenvalue weighted by Gasteiger charge is 2.37. The van der Waals surface area contributed by atoms with Crippen molar-refractivity contribution >= 4 is 56.3 Å². The first kappa shape index (κ1) is 24.5. The van der Waals surface area contributed by atoms with E-state index in [1.54, 1.807) is 12.1 Å². The zero-order valence-corrected chi connectivity index (χ0v) is 21.8. The van der Waals surface area contributed by atoms with Crippen LogP contribution in [0.2, 0.25) is 0 Å². The van der Waals surface area contributed by atoms with Crippen LogP contribution in [0.5, 0.6) is 5.75 Å². The molecule has 1 N–H and O–H groups in total. The minimum absolute atomic E-state index is 0.150. The molecule has 1 aliphatic heterocycles. The van der Waals surface area contributed by atoms with Crippen LogP contribution in [0.15, 0.2) is 88.9 Å². The Kier molecular flexibility index (Phi) is 6.63. The lowest BCUT2D eigenvalue weighted by molar-refractivity contribution is -0.122. The highest BCUT2D eigenvalue weighted by molar-refractivity contribution is 9.10. The van der Waals surface area contributed by atoms with Crippen LogP contribution in [-0.2, 0) is 16.2 Å². The molecule has 184 valence electrons. The Bertz CT molecular complexity index is 1590. The van der Waals surface area contributed by atoms with Crippen LogP contribution in [0.25, 0.3) is 16.8 Å². The molecule has 0 bridgehead atoms. The average molecular weight is 555 g/mol. The summed E-state index contributed by atoms with van der Waals surface area (Å²) in [5.74, 6) is -0.921. The Balaban J connectivity index is 1.58. The van der Waals surface area contributed by atoms with Crippen LogP contribution in [0, 0.1) is 13.8 Å². The number of halogens is 1. The zero-order valence-electron chi connectivity index (χ0n) is 20.2. The number of fused-ring (bicyclic) bond motifs is 1. The van der Waals surface area contributed by atoms with Crippen molar-refractivity contribution in [3.8, 4) is 5.75 Å². The van der Waals surface area contributed by atoms with Gasteiger partial charge in [0, 0.05) is 10.0 Å². The Morgan fingerprint density at radius 1 is 0.892 bits per heavy atom. The summed E-state index contributed by atoms with van der Waals surface area (Å²) in [6.07, 6.45) is 1.51. The third-order valence-corrected chi connectivity index (χ3v) is 6.91. The summed E-state index contributed by atoms with van der Waals surface area (Å²) in [7, 11) is 0. The predicted molar refractivity (Wildman–Crippen MR) is 147 cm³/mol. The molecule has 0 unspecified atom stereocenters. The maximum atomic E-state index is 13.5. The largest absolute Gasteiger partial charge is 0.488 e. The van der Waals surface area contributed by atoms with Crippen molar-refractivity contribution in [1.82, 2.24) is 5.32 Å². The van der Waals surface area contributed by atoms with E-state index in [4.69, 9.17) is 4.74 Å². The second-order valence-electron chi connectivity index (χ2n) is 8.84. The first-order chi connectivity index (χ1) is 17.8. The van der Waals surface area contributed by atoms with E-state index < -0.39 is 17.8 Å². The number of barbiturate groups is 1. The maximum Gasteiger partial charge on any atom is 0.335 e. The number of amides is 4. The summed E-state index contributed by atoms with van der Waals surface area (Å²) in [6, 6.07) is 23.7. The monoisotopic (exact) mass is 554 g/mol. The molecule has 0 atom stereocenters. The van der Waals surface area contributed by atoms with E-state index in [1.807, 2.05) is 80.6 Å². The molecule has 37 heavy (non-hydrogen) atoms. The molecular formula is C30H23BrN2O4. The molecule has 1 aliphatic rings. The van der Waals surface area contributed by atoms with Crippen molar-refractivity contribution in [2.24, 2.45) is 0 Å². The molecule has 0 radical (unpaired) electrons. The molecule has 7 heteroatoms. The molecule has 6 nitrogen and oxygen atoms in total. The first-order valence-electron chi connectivity index (χ1n) is 11.7. The van der Waals surface area contributed by atoms with Crippen LogP contribution >= 0.6 is 15.9 Å². The minimum Gasteiger partial charge on any atom is -0.488 e. The van der Waals surface area contributed by atoms with Gasteiger partial charge < -0.3 is 4.74 Å². The molecule has 1 saturated heterocycles. The summed E-state index contributed by atoms with van der Waals surface area (Å²) in [4.78, 5) is 40.1. The number of ether oxygens (including phenoxy) is 1. The lowest BCUT2D eigenvalue weighted by Gasteiger charge is -2.27. The minimum atomic E-state index is -0.778. The standard InChI is InChI=1S/C30H23BrN2O4/c1-18-7-13-23(15-19(18)2)33-29(35)26(28(34)32-30(33)36)16-25-24-6-4-3-5-21(24)10-14-27(25)37-17-20-8-11-22(31)12-9-20/h3-16H,17H2,1-2H3,(H,32,34,36)/b26-16+. The Hall–Kier alpha value is -4.23. The van der Waals surface area contributed by atoms with Gasteiger partial charge >= 0.3 is 6.03 Å². The fourth-order valence-electron chi connectivity index (χ4n) is 4.19. The summed E-state index contributed by atoms with van der Waals surface area (Å²) >= 11 is 3.43. The van der Waals surface area contributed by atoms with Gasteiger partial charge in [-0.25, -0.2) is 9.69 Å². The third-order valence-electron chi connectivity index (χ3n) is 6.38. The van der Waals surface area contributed by atoms with Crippen molar-refractivity contribution in [1.29, 1.82) is 0 Å². The Labute approximate surface area is 222 Å². The van der Waals surface area contributed by atoms with E-state index in [0.717, 1.165) is 36.8 Å². The lowest BCUT2D eigenvalue weighted by Crippen LogP contribution is -2.54. The quantitative estimate of drug-likeness (QED) is 0.227. The number of rotatable bonds is 5. The second-order valence-corrected chi connectivity index (χ2v) is 9.76. The average Bonchev–Trinajstić information content (AvgIpc) is 2.88. The number of carbonyl (C=O) groups excluding carboxylic acids is 3. The predicted octanol–water partition coefficient (Wildman–Crippen LogP) is 6.46. The van der Waals surface area contributed by atoms with E-state index in [1.165, 1.54) is 6.08 Å². The van der Waals surface area contributed by atoms with Crippen LogP contribution in [0.1, 0.15) is 22.3 Å². The lowest BCUT2D eigenvalue weighted by atomic mass is 9.99. The van der Waals surface area contributed by atoms with E-state index in [2.05, 4.69) is 21.2 Å². The SMILES string of the molecule is Cc1ccc(N2C(=O)NC(=O)/C(=C\c3c(OCc4ccc(Br)cc4)ccc4ccccc34)C2=O)cc1C. The van der Waals surface area contributed by atoms with Gasteiger partial charge in [-0.15, -0.1) is 0 Å². The third kappa shape index (κ3) is 4.90. The van der Waals surface area contributed by atoms with Gasteiger partial charge in [0.1, 0.15) is 17.9 Å². The van der Waals surface area contributed by atoms with Gasteiger partial charge in [-0.2, -0.15) is 0 Å². The molecule has 0 spiro atoms. The molecule has 5 rings (SSSR count). The van der Waals surface area contributed by atoms with Crippen LogP contribution in [0.4, 0.5) is 10.5 Å².